The zero-order chi connectivity index (χ0) is 16.9. The number of para-hydroxylation sites is 1. The molecule has 0 unspecified atom stereocenters. The summed E-state index contributed by atoms with van der Waals surface area (Å²) in [7, 11) is 0. The van der Waals surface area contributed by atoms with Crippen molar-refractivity contribution in [2.45, 2.75) is 5.16 Å². The number of hydrogen-bond donors (Lipinski definition) is 2. The minimum atomic E-state index is -0.282. The lowest BCUT2D eigenvalue weighted by Gasteiger charge is -2.10. The van der Waals surface area contributed by atoms with E-state index in [0.29, 0.717) is 16.0 Å². The van der Waals surface area contributed by atoms with Crippen LogP contribution in [0.1, 0.15) is 0 Å². The normalized spacial score (nSPS) is 10.6. The number of nitrogens with one attached hydrogen (secondary N) is 1. The fourth-order valence-corrected chi connectivity index (χ4v) is 3.02. The smallest absolute Gasteiger partial charge is 0.244 e. The van der Waals surface area contributed by atoms with Crippen LogP contribution >= 0.6 is 23.4 Å². The minimum Gasteiger partial charge on any atom is -0.294 e. The van der Waals surface area contributed by atoms with Crippen LogP contribution in [0, 0.1) is 0 Å². The van der Waals surface area contributed by atoms with E-state index >= 15 is 0 Å². The highest BCUT2D eigenvalue weighted by molar-refractivity contribution is 7.99. The molecule has 3 N–H and O–H groups in total. The van der Waals surface area contributed by atoms with Crippen LogP contribution in [-0.2, 0) is 4.79 Å². The first-order valence-corrected chi connectivity index (χ1v) is 8.44. The summed E-state index contributed by atoms with van der Waals surface area (Å²) in [5.41, 5.74) is 3.89. The van der Waals surface area contributed by atoms with Crippen LogP contribution in [0.2, 0.25) is 5.02 Å². The fraction of sp³-hybridized carbons (Fsp3) is 0.0625. The Balaban J connectivity index is 2.04. The number of hydrogen-bond acceptors (Lipinski definition) is 5. The maximum absolute atomic E-state index is 11.4. The van der Waals surface area contributed by atoms with Crippen molar-refractivity contribution in [1.29, 1.82) is 0 Å². The van der Waals surface area contributed by atoms with Crippen molar-refractivity contribution in [3.8, 4) is 17.1 Å². The van der Waals surface area contributed by atoms with Gasteiger partial charge in [0.15, 0.2) is 11.0 Å². The molecule has 3 rings (SSSR count). The highest BCUT2D eigenvalue weighted by atomic mass is 35.5. The molecule has 0 saturated heterocycles. The number of benzene rings is 2. The van der Waals surface area contributed by atoms with Gasteiger partial charge in [-0.25, -0.2) is 5.84 Å². The van der Waals surface area contributed by atoms with E-state index < -0.39 is 0 Å². The van der Waals surface area contributed by atoms with Crippen molar-refractivity contribution < 1.29 is 4.79 Å². The summed E-state index contributed by atoms with van der Waals surface area (Å²) in [5.74, 6) is 5.68. The number of thioether (sulfide) groups is 1. The van der Waals surface area contributed by atoms with Crippen LogP contribution in [0.15, 0.2) is 59.8 Å². The highest BCUT2D eigenvalue weighted by Crippen LogP contribution is 2.28. The third-order valence-corrected chi connectivity index (χ3v) is 4.42. The van der Waals surface area contributed by atoms with E-state index in [-0.39, 0.29) is 11.7 Å². The minimum absolute atomic E-state index is 0.155. The SMILES string of the molecule is NNC(=O)CSc1nnc(-c2ccc(Cl)cc2)n1-c1ccccc1. The average Bonchev–Trinajstić information content (AvgIpc) is 3.05. The van der Waals surface area contributed by atoms with Gasteiger partial charge in [-0.3, -0.25) is 14.8 Å². The van der Waals surface area contributed by atoms with Crippen LogP contribution in [0.4, 0.5) is 0 Å². The lowest BCUT2D eigenvalue weighted by atomic mass is 10.2. The molecule has 0 saturated carbocycles. The fourth-order valence-electron chi connectivity index (χ4n) is 2.13. The molecule has 0 aliphatic carbocycles. The number of hydrazine groups is 1. The maximum atomic E-state index is 11.4. The van der Waals surface area contributed by atoms with E-state index in [1.165, 1.54) is 11.8 Å². The van der Waals surface area contributed by atoms with Crippen LogP contribution < -0.4 is 11.3 Å². The van der Waals surface area contributed by atoms with Gasteiger partial charge in [0, 0.05) is 16.3 Å². The quantitative estimate of drug-likeness (QED) is 0.316. The van der Waals surface area contributed by atoms with Crippen LogP contribution in [-0.4, -0.2) is 26.4 Å². The zero-order valence-corrected chi connectivity index (χ0v) is 14.1. The summed E-state index contributed by atoms with van der Waals surface area (Å²) in [5, 5.41) is 9.76. The summed E-state index contributed by atoms with van der Waals surface area (Å²) in [6, 6.07) is 17.1. The second-order valence-electron chi connectivity index (χ2n) is 4.84. The average molecular weight is 360 g/mol. The molecule has 0 aliphatic heterocycles. The number of nitrogens with zero attached hydrogens (tertiary/aromatic N) is 3. The van der Waals surface area contributed by atoms with Crippen molar-refractivity contribution >= 4 is 29.3 Å². The molecule has 24 heavy (non-hydrogen) atoms. The number of aromatic nitrogens is 3. The molecular weight excluding hydrogens is 346 g/mol. The third kappa shape index (κ3) is 3.59. The van der Waals surface area contributed by atoms with Crippen molar-refractivity contribution in [3.63, 3.8) is 0 Å². The maximum Gasteiger partial charge on any atom is 0.244 e. The number of carbonyl (C=O) groups excluding carboxylic acids is 1. The first kappa shape index (κ1) is 16.5. The Kier molecular flexibility index (Phi) is 5.14. The topological polar surface area (TPSA) is 85.8 Å². The predicted octanol–water partition coefficient (Wildman–Crippen LogP) is 2.67. The zero-order valence-electron chi connectivity index (χ0n) is 12.5. The van der Waals surface area contributed by atoms with Gasteiger partial charge < -0.3 is 0 Å². The van der Waals surface area contributed by atoms with E-state index in [9.17, 15) is 4.79 Å². The van der Waals surface area contributed by atoms with Gasteiger partial charge in [0.1, 0.15) is 0 Å². The predicted molar refractivity (Wildman–Crippen MR) is 94.9 cm³/mol. The van der Waals surface area contributed by atoms with Crippen molar-refractivity contribution in [3.05, 3.63) is 59.6 Å². The molecular formula is C16H14ClN5OS. The lowest BCUT2D eigenvalue weighted by molar-refractivity contribution is -0.118. The van der Waals surface area contributed by atoms with Gasteiger partial charge in [0.05, 0.1) is 5.75 Å². The molecule has 1 heterocycles. The molecule has 6 nitrogen and oxygen atoms in total. The first-order valence-electron chi connectivity index (χ1n) is 7.08. The number of carbonyl (C=O) groups is 1. The van der Waals surface area contributed by atoms with Gasteiger partial charge in [-0.2, -0.15) is 0 Å². The van der Waals surface area contributed by atoms with Crippen molar-refractivity contribution in [1.82, 2.24) is 20.2 Å². The van der Waals surface area contributed by atoms with Gasteiger partial charge in [0.2, 0.25) is 5.91 Å². The Bertz CT molecular complexity index is 835. The summed E-state index contributed by atoms with van der Waals surface area (Å²) < 4.78 is 1.90. The number of nitrogens with two attached hydrogens (primary N) is 1. The van der Waals surface area contributed by atoms with Crippen LogP contribution in [0.25, 0.3) is 17.1 Å². The van der Waals surface area contributed by atoms with Gasteiger partial charge in [0.25, 0.3) is 0 Å². The molecule has 2 aromatic carbocycles. The molecule has 1 aromatic heterocycles. The molecule has 8 heteroatoms. The third-order valence-electron chi connectivity index (χ3n) is 3.24. The molecule has 0 bridgehead atoms. The number of amides is 1. The Hall–Kier alpha value is -2.35. The first-order chi connectivity index (χ1) is 11.7. The second kappa shape index (κ2) is 7.48. The molecule has 0 fully saturated rings. The van der Waals surface area contributed by atoms with Gasteiger partial charge in [-0.05, 0) is 36.4 Å². The molecule has 0 spiro atoms. The van der Waals surface area contributed by atoms with E-state index in [1.54, 1.807) is 12.1 Å². The summed E-state index contributed by atoms with van der Waals surface area (Å²) in [6.45, 7) is 0. The summed E-state index contributed by atoms with van der Waals surface area (Å²) in [4.78, 5) is 11.4. The monoisotopic (exact) mass is 359 g/mol. The molecule has 0 atom stereocenters. The molecule has 1 amide bonds. The van der Waals surface area contributed by atoms with E-state index in [0.717, 1.165) is 11.3 Å². The van der Waals surface area contributed by atoms with E-state index in [1.807, 2.05) is 47.0 Å². The standard InChI is InChI=1S/C16H14ClN5OS/c17-12-8-6-11(7-9-12)15-20-21-16(24-10-14(23)19-18)22(15)13-4-2-1-3-5-13/h1-9H,10,18H2,(H,19,23). The van der Waals surface area contributed by atoms with Gasteiger partial charge in [-0.1, -0.05) is 41.6 Å². The highest BCUT2D eigenvalue weighted by Gasteiger charge is 2.16. The Labute approximate surface area is 148 Å². The van der Waals surface area contributed by atoms with Gasteiger partial charge in [-0.15, -0.1) is 10.2 Å². The van der Waals surface area contributed by atoms with Crippen molar-refractivity contribution in [2.24, 2.45) is 5.84 Å². The summed E-state index contributed by atoms with van der Waals surface area (Å²) in [6.07, 6.45) is 0. The Morgan fingerprint density at radius 3 is 2.50 bits per heavy atom. The largest absolute Gasteiger partial charge is 0.294 e. The van der Waals surface area contributed by atoms with Crippen LogP contribution in [0.5, 0.6) is 0 Å². The molecule has 0 radical (unpaired) electrons. The number of halogens is 1. The van der Waals surface area contributed by atoms with Crippen molar-refractivity contribution in [2.75, 3.05) is 5.75 Å². The Morgan fingerprint density at radius 1 is 1.12 bits per heavy atom. The van der Waals surface area contributed by atoms with E-state index in [2.05, 4.69) is 15.6 Å². The molecule has 3 aromatic rings. The van der Waals surface area contributed by atoms with E-state index in [4.69, 9.17) is 17.4 Å². The van der Waals surface area contributed by atoms with Gasteiger partial charge >= 0.3 is 0 Å². The second-order valence-corrected chi connectivity index (χ2v) is 6.22. The molecule has 122 valence electrons. The molecule has 0 aliphatic rings. The van der Waals surface area contributed by atoms with Crippen LogP contribution in [0.3, 0.4) is 0 Å². The number of rotatable bonds is 5. The Morgan fingerprint density at radius 2 is 1.83 bits per heavy atom. The summed E-state index contributed by atoms with van der Waals surface area (Å²) >= 11 is 7.22. The lowest BCUT2D eigenvalue weighted by Crippen LogP contribution is -2.31.